The van der Waals surface area contributed by atoms with Crippen molar-refractivity contribution in [3.8, 4) is 0 Å². The van der Waals surface area contributed by atoms with Crippen molar-refractivity contribution >= 4 is 17.5 Å². The lowest BCUT2D eigenvalue weighted by Gasteiger charge is -2.22. The Labute approximate surface area is 155 Å². The van der Waals surface area contributed by atoms with E-state index in [-0.39, 0.29) is 18.4 Å². The third-order valence-corrected chi connectivity index (χ3v) is 5.68. The van der Waals surface area contributed by atoms with E-state index < -0.39 is 5.60 Å². The van der Waals surface area contributed by atoms with E-state index in [4.69, 9.17) is 0 Å². The number of nitrogens with one attached hydrogen (secondary N) is 1. The Morgan fingerprint density at radius 3 is 2.69 bits per heavy atom. The normalized spacial score (nSPS) is 17.4. The second-order valence-electron chi connectivity index (χ2n) is 8.12. The van der Waals surface area contributed by atoms with E-state index in [1.165, 1.54) is 25.7 Å². The third-order valence-electron chi connectivity index (χ3n) is 5.68. The molecule has 1 saturated carbocycles. The van der Waals surface area contributed by atoms with E-state index in [1.807, 2.05) is 18.2 Å². The van der Waals surface area contributed by atoms with Gasteiger partial charge in [-0.2, -0.15) is 0 Å². The first-order chi connectivity index (χ1) is 12.4. The standard InChI is InChI=1S/C21H30N2O3/c1-21(2,26)17-8-5-9-18-16(17)12-13-23(18)20(25)14-22-19(24)11-10-15-6-3-4-7-15/h5,8-9,15,26H,3-4,6-7,10-14H2,1-2H3,(H,22,24). The Bertz CT molecular complexity index is 672. The van der Waals surface area contributed by atoms with E-state index in [0.717, 1.165) is 29.7 Å². The third kappa shape index (κ3) is 4.26. The number of carbonyl (C=O) groups is 2. The number of anilines is 1. The van der Waals surface area contributed by atoms with E-state index in [1.54, 1.807) is 18.7 Å². The lowest BCUT2D eigenvalue weighted by atomic mass is 9.92. The number of aliphatic hydroxyl groups is 1. The summed E-state index contributed by atoms with van der Waals surface area (Å²) in [4.78, 5) is 26.3. The fraction of sp³-hybridized carbons (Fsp3) is 0.619. The topological polar surface area (TPSA) is 69.6 Å². The number of rotatable bonds is 6. The first kappa shape index (κ1) is 18.9. The second kappa shape index (κ2) is 7.78. The molecule has 5 heteroatoms. The highest BCUT2D eigenvalue weighted by molar-refractivity contribution is 5.98. The van der Waals surface area contributed by atoms with Crippen LogP contribution in [0.1, 0.15) is 63.5 Å². The van der Waals surface area contributed by atoms with Gasteiger partial charge >= 0.3 is 0 Å². The van der Waals surface area contributed by atoms with Crippen molar-refractivity contribution in [3.05, 3.63) is 29.3 Å². The molecule has 0 radical (unpaired) electrons. The smallest absolute Gasteiger partial charge is 0.246 e. The van der Waals surface area contributed by atoms with Gasteiger partial charge in [0.15, 0.2) is 0 Å². The van der Waals surface area contributed by atoms with Crippen molar-refractivity contribution in [2.75, 3.05) is 18.0 Å². The zero-order chi connectivity index (χ0) is 18.7. The molecule has 1 aromatic carbocycles. The summed E-state index contributed by atoms with van der Waals surface area (Å²) >= 11 is 0. The largest absolute Gasteiger partial charge is 0.386 e. The molecule has 3 rings (SSSR count). The zero-order valence-electron chi connectivity index (χ0n) is 15.9. The Balaban J connectivity index is 1.55. The van der Waals surface area contributed by atoms with Gasteiger partial charge in [0.1, 0.15) is 0 Å². The molecule has 142 valence electrons. The van der Waals surface area contributed by atoms with Crippen molar-refractivity contribution < 1.29 is 14.7 Å². The van der Waals surface area contributed by atoms with Gasteiger partial charge in [-0.3, -0.25) is 9.59 Å². The molecule has 26 heavy (non-hydrogen) atoms. The summed E-state index contributed by atoms with van der Waals surface area (Å²) < 4.78 is 0. The molecule has 0 aromatic heterocycles. The van der Waals surface area contributed by atoms with Crippen LogP contribution < -0.4 is 10.2 Å². The molecule has 0 bridgehead atoms. The van der Waals surface area contributed by atoms with Gasteiger partial charge in [0.05, 0.1) is 12.1 Å². The van der Waals surface area contributed by atoms with Gasteiger partial charge in [-0.05, 0) is 49.8 Å². The van der Waals surface area contributed by atoms with Crippen LogP contribution in [0.25, 0.3) is 0 Å². The van der Waals surface area contributed by atoms with Crippen LogP contribution in [0.4, 0.5) is 5.69 Å². The van der Waals surface area contributed by atoms with Gasteiger partial charge < -0.3 is 15.3 Å². The van der Waals surface area contributed by atoms with E-state index in [0.29, 0.717) is 18.9 Å². The predicted octanol–water partition coefficient (Wildman–Crippen LogP) is 2.89. The summed E-state index contributed by atoms with van der Waals surface area (Å²) in [6, 6.07) is 5.70. The average molecular weight is 358 g/mol. The summed E-state index contributed by atoms with van der Waals surface area (Å²) in [6.07, 6.45) is 7.22. The van der Waals surface area contributed by atoms with Gasteiger partial charge in [-0.1, -0.05) is 37.8 Å². The van der Waals surface area contributed by atoms with E-state index >= 15 is 0 Å². The first-order valence-electron chi connectivity index (χ1n) is 9.78. The lowest BCUT2D eigenvalue weighted by molar-refractivity contribution is -0.125. The molecule has 0 unspecified atom stereocenters. The quantitative estimate of drug-likeness (QED) is 0.821. The highest BCUT2D eigenvalue weighted by Crippen LogP contribution is 2.35. The van der Waals surface area contributed by atoms with Gasteiger partial charge in [-0.25, -0.2) is 0 Å². The zero-order valence-corrected chi connectivity index (χ0v) is 15.9. The summed E-state index contributed by atoms with van der Waals surface area (Å²) in [6.45, 7) is 4.16. The van der Waals surface area contributed by atoms with Crippen molar-refractivity contribution in [2.24, 2.45) is 5.92 Å². The molecule has 1 fully saturated rings. The van der Waals surface area contributed by atoms with Crippen LogP contribution in [0.5, 0.6) is 0 Å². The minimum atomic E-state index is -0.932. The maximum absolute atomic E-state index is 12.6. The van der Waals surface area contributed by atoms with Gasteiger partial charge in [-0.15, -0.1) is 0 Å². The fourth-order valence-electron chi connectivity index (χ4n) is 4.26. The molecule has 0 atom stereocenters. The number of nitrogens with zero attached hydrogens (tertiary/aromatic N) is 1. The molecule has 2 amide bonds. The number of carbonyl (C=O) groups excluding carboxylic acids is 2. The molecule has 1 heterocycles. The van der Waals surface area contributed by atoms with Crippen LogP contribution in [0, 0.1) is 5.92 Å². The Morgan fingerprint density at radius 1 is 1.27 bits per heavy atom. The molecular weight excluding hydrogens is 328 g/mol. The van der Waals surface area contributed by atoms with Crippen molar-refractivity contribution in [3.63, 3.8) is 0 Å². The molecule has 0 saturated heterocycles. The Kier molecular flexibility index (Phi) is 5.66. The van der Waals surface area contributed by atoms with Crippen LogP contribution in [0.15, 0.2) is 18.2 Å². The van der Waals surface area contributed by atoms with Crippen LogP contribution in [-0.2, 0) is 21.6 Å². The van der Waals surface area contributed by atoms with Crippen LogP contribution in [-0.4, -0.2) is 30.0 Å². The molecule has 1 aromatic rings. The minimum absolute atomic E-state index is 0.0325. The summed E-state index contributed by atoms with van der Waals surface area (Å²) in [5, 5.41) is 13.1. The van der Waals surface area contributed by atoms with Gasteiger partial charge in [0.25, 0.3) is 0 Å². The second-order valence-corrected chi connectivity index (χ2v) is 8.12. The fourth-order valence-corrected chi connectivity index (χ4v) is 4.26. The van der Waals surface area contributed by atoms with Crippen LogP contribution in [0.2, 0.25) is 0 Å². The molecule has 0 spiro atoms. The van der Waals surface area contributed by atoms with Crippen LogP contribution in [0.3, 0.4) is 0 Å². The Morgan fingerprint density at radius 2 is 2.00 bits per heavy atom. The number of hydrogen-bond acceptors (Lipinski definition) is 3. The highest BCUT2D eigenvalue weighted by Gasteiger charge is 2.30. The van der Waals surface area contributed by atoms with Gasteiger partial charge in [0, 0.05) is 18.7 Å². The lowest BCUT2D eigenvalue weighted by Crippen LogP contribution is -2.39. The van der Waals surface area contributed by atoms with Crippen molar-refractivity contribution in [1.29, 1.82) is 0 Å². The molecule has 1 aliphatic carbocycles. The van der Waals surface area contributed by atoms with Crippen LogP contribution >= 0.6 is 0 Å². The van der Waals surface area contributed by atoms with Crippen molar-refractivity contribution in [2.45, 2.75) is 64.4 Å². The van der Waals surface area contributed by atoms with Crippen molar-refractivity contribution in [1.82, 2.24) is 5.32 Å². The first-order valence-corrected chi connectivity index (χ1v) is 9.78. The Hall–Kier alpha value is -1.88. The van der Waals surface area contributed by atoms with E-state index in [9.17, 15) is 14.7 Å². The molecule has 5 nitrogen and oxygen atoms in total. The summed E-state index contributed by atoms with van der Waals surface area (Å²) in [5.41, 5.74) is 1.82. The number of fused-ring (bicyclic) bond motifs is 1. The molecule has 2 aliphatic rings. The molecule has 1 aliphatic heterocycles. The predicted molar refractivity (Wildman–Crippen MR) is 102 cm³/mol. The number of hydrogen-bond donors (Lipinski definition) is 2. The maximum atomic E-state index is 12.6. The highest BCUT2D eigenvalue weighted by atomic mass is 16.3. The minimum Gasteiger partial charge on any atom is -0.386 e. The monoisotopic (exact) mass is 358 g/mol. The summed E-state index contributed by atoms with van der Waals surface area (Å²) in [7, 11) is 0. The van der Waals surface area contributed by atoms with E-state index in [2.05, 4.69) is 5.32 Å². The molecular formula is C21H30N2O3. The summed E-state index contributed by atoms with van der Waals surface area (Å²) in [5.74, 6) is 0.558. The van der Waals surface area contributed by atoms with Gasteiger partial charge in [0.2, 0.25) is 11.8 Å². The SMILES string of the molecule is CC(C)(O)c1cccc2c1CCN2C(=O)CNC(=O)CCC1CCCC1. The number of benzene rings is 1. The number of amides is 2. The maximum Gasteiger partial charge on any atom is 0.246 e. The molecule has 2 N–H and O–H groups in total. The average Bonchev–Trinajstić information content (AvgIpc) is 3.25.